The van der Waals surface area contributed by atoms with Gasteiger partial charge in [-0.15, -0.1) is 0 Å². The molecule has 0 aliphatic rings. The molecule has 0 saturated heterocycles. The van der Waals surface area contributed by atoms with Crippen LogP contribution in [0.25, 0.3) is 0 Å². The minimum atomic E-state index is -0.522. The molecule has 2 aromatic rings. The molecule has 2 rings (SSSR count). The highest BCUT2D eigenvalue weighted by atomic mass is 35.5. The maximum Gasteiger partial charge on any atom is 0.276 e. The molecule has 6 nitrogen and oxygen atoms in total. The van der Waals surface area contributed by atoms with Crippen LogP contribution in [0.3, 0.4) is 0 Å². The summed E-state index contributed by atoms with van der Waals surface area (Å²) in [6.45, 7) is 1.93. The van der Waals surface area contributed by atoms with Crippen LogP contribution in [0.5, 0.6) is 5.75 Å². The Morgan fingerprint density at radius 1 is 1.35 bits per heavy atom. The second kappa shape index (κ2) is 5.75. The molecule has 7 heteroatoms. The van der Waals surface area contributed by atoms with Crippen LogP contribution in [0.1, 0.15) is 5.56 Å². The average Bonchev–Trinajstić information content (AvgIpc) is 2.38. The van der Waals surface area contributed by atoms with Gasteiger partial charge in [0.2, 0.25) is 0 Å². The summed E-state index contributed by atoms with van der Waals surface area (Å²) in [7, 11) is 1.55. The van der Waals surface area contributed by atoms with E-state index >= 15 is 0 Å². The number of aromatic nitrogens is 1. The van der Waals surface area contributed by atoms with Gasteiger partial charge in [-0.05, 0) is 24.6 Å². The smallest absolute Gasteiger partial charge is 0.276 e. The summed E-state index contributed by atoms with van der Waals surface area (Å²) in [5.74, 6) is 0.896. The van der Waals surface area contributed by atoms with Gasteiger partial charge in [0.1, 0.15) is 16.7 Å². The van der Waals surface area contributed by atoms with E-state index in [1.165, 1.54) is 12.1 Å². The van der Waals surface area contributed by atoms with Crippen molar-refractivity contribution in [3.05, 3.63) is 51.2 Å². The van der Waals surface area contributed by atoms with Crippen LogP contribution in [-0.2, 0) is 0 Å². The predicted molar refractivity (Wildman–Crippen MR) is 76.9 cm³/mol. The number of aryl methyl sites for hydroxylation is 1. The molecule has 104 valence electrons. The zero-order valence-corrected chi connectivity index (χ0v) is 11.6. The van der Waals surface area contributed by atoms with Crippen molar-refractivity contribution < 1.29 is 9.66 Å². The first kappa shape index (κ1) is 14.1. The average molecular weight is 294 g/mol. The van der Waals surface area contributed by atoms with Gasteiger partial charge in [0.05, 0.1) is 29.9 Å². The van der Waals surface area contributed by atoms with Gasteiger partial charge in [-0.3, -0.25) is 10.1 Å². The van der Waals surface area contributed by atoms with Gasteiger partial charge < -0.3 is 10.1 Å². The third-order valence-electron chi connectivity index (χ3n) is 2.61. The maximum atomic E-state index is 10.8. The summed E-state index contributed by atoms with van der Waals surface area (Å²) < 4.78 is 5.22. The molecule has 0 unspecified atom stereocenters. The number of methoxy groups -OCH3 is 1. The summed E-state index contributed by atoms with van der Waals surface area (Å²) in [5.41, 5.74) is 1.56. The molecule has 0 radical (unpaired) electrons. The molecule has 1 aromatic carbocycles. The fourth-order valence-corrected chi connectivity index (χ4v) is 1.91. The van der Waals surface area contributed by atoms with Gasteiger partial charge >= 0.3 is 0 Å². The number of nitrogens with zero attached hydrogens (tertiary/aromatic N) is 2. The van der Waals surface area contributed by atoms with Gasteiger partial charge in [0.15, 0.2) is 0 Å². The summed E-state index contributed by atoms with van der Waals surface area (Å²) in [4.78, 5) is 14.3. The molecule has 0 amide bonds. The Bertz CT molecular complexity index is 661. The van der Waals surface area contributed by atoms with E-state index in [4.69, 9.17) is 16.3 Å². The monoisotopic (exact) mass is 293 g/mol. The number of ether oxygens (including phenoxy) is 1. The molecule has 0 saturated carbocycles. The molecule has 0 atom stereocenters. The van der Waals surface area contributed by atoms with E-state index in [2.05, 4.69) is 10.3 Å². The molecule has 1 heterocycles. The molecule has 0 aliphatic carbocycles. The standard InChI is InChI=1S/C13H12ClN3O3/c1-8-3-4-11(20-2)10(5-8)15-13-7-9(17(18)19)6-12(14)16-13/h3-7H,1-2H3,(H,15,16). The molecular weight excluding hydrogens is 282 g/mol. The van der Waals surface area contributed by atoms with Gasteiger partial charge in [-0.2, -0.15) is 0 Å². The number of benzene rings is 1. The number of hydrogen-bond donors (Lipinski definition) is 1. The molecule has 0 spiro atoms. The highest BCUT2D eigenvalue weighted by molar-refractivity contribution is 6.29. The Balaban J connectivity index is 2.39. The summed E-state index contributed by atoms with van der Waals surface area (Å²) in [5, 5.41) is 13.8. The van der Waals surface area contributed by atoms with Crippen molar-refractivity contribution in [3.63, 3.8) is 0 Å². The lowest BCUT2D eigenvalue weighted by Crippen LogP contribution is -1.99. The molecule has 1 N–H and O–H groups in total. The highest BCUT2D eigenvalue weighted by Gasteiger charge is 2.12. The summed E-state index contributed by atoms with van der Waals surface area (Å²) >= 11 is 5.78. The summed E-state index contributed by atoms with van der Waals surface area (Å²) in [6, 6.07) is 8.07. The number of anilines is 2. The van der Waals surface area contributed by atoms with Gasteiger partial charge in [-0.25, -0.2) is 4.98 Å². The Morgan fingerprint density at radius 3 is 2.75 bits per heavy atom. The van der Waals surface area contributed by atoms with Crippen LogP contribution >= 0.6 is 11.6 Å². The minimum Gasteiger partial charge on any atom is -0.495 e. The minimum absolute atomic E-state index is 0.0494. The zero-order chi connectivity index (χ0) is 14.7. The van der Waals surface area contributed by atoms with Gasteiger partial charge in [0, 0.05) is 0 Å². The Hall–Kier alpha value is -2.34. The number of nitrogens with one attached hydrogen (secondary N) is 1. The van der Waals surface area contributed by atoms with E-state index < -0.39 is 4.92 Å². The molecular formula is C13H12ClN3O3. The number of pyridine rings is 1. The van der Waals surface area contributed by atoms with Crippen LogP contribution in [-0.4, -0.2) is 17.0 Å². The van der Waals surface area contributed by atoms with E-state index in [0.717, 1.165) is 5.56 Å². The lowest BCUT2D eigenvalue weighted by molar-refractivity contribution is -0.384. The fourth-order valence-electron chi connectivity index (χ4n) is 1.71. The van der Waals surface area contributed by atoms with Crippen LogP contribution in [0, 0.1) is 17.0 Å². The number of nitro groups is 1. The second-order valence-corrected chi connectivity index (χ2v) is 4.51. The predicted octanol–water partition coefficient (Wildman–Crippen LogP) is 3.70. The van der Waals surface area contributed by atoms with Crippen molar-refractivity contribution in [3.8, 4) is 5.75 Å². The highest BCUT2D eigenvalue weighted by Crippen LogP contribution is 2.29. The second-order valence-electron chi connectivity index (χ2n) is 4.12. The molecule has 1 aromatic heterocycles. The van der Waals surface area contributed by atoms with Crippen molar-refractivity contribution >= 4 is 28.8 Å². The largest absolute Gasteiger partial charge is 0.495 e. The maximum absolute atomic E-state index is 10.8. The molecule has 0 fully saturated rings. The van der Waals surface area contributed by atoms with Crippen molar-refractivity contribution in [2.75, 3.05) is 12.4 Å². The van der Waals surface area contributed by atoms with Gasteiger partial charge in [0.25, 0.3) is 5.69 Å². The Kier molecular flexibility index (Phi) is 4.05. The molecule has 0 bridgehead atoms. The number of halogens is 1. The van der Waals surface area contributed by atoms with E-state index in [1.54, 1.807) is 13.2 Å². The third kappa shape index (κ3) is 3.16. The number of hydrogen-bond acceptors (Lipinski definition) is 5. The lowest BCUT2D eigenvalue weighted by atomic mass is 10.2. The van der Waals surface area contributed by atoms with E-state index in [1.807, 2.05) is 19.1 Å². The Morgan fingerprint density at radius 2 is 2.10 bits per heavy atom. The lowest BCUT2D eigenvalue weighted by Gasteiger charge is -2.11. The quantitative estimate of drug-likeness (QED) is 0.528. The van der Waals surface area contributed by atoms with Crippen molar-refractivity contribution in [2.24, 2.45) is 0 Å². The first-order chi connectivity index (χ1) is 9.49. The first-order valence-corrected chi connectivity index (χ1v) is 6.11. The van der Waals surface area contributed by atoms with Crippen LogP contribution in [0.4, 0.5) is 17.2 Å². The molecule has 0 aliphatic heterocycles. The summed E-state index contributed by atoms with van der Waals surface area (Å²) in [6.07, 6.45) is 0. The van der Waals surface area contributed by atoms with E-state index in [0.29, 0.717) is 11.4 Å². The van der Waals surface area contributed by atoms with E-state index in [-0.39, 0.29) is 16.7 Å². The van der Waals surface area contributed by atoms with Crippen molar-refractivity contribution in [1.29, 1.82) is 0 Å². The number of rotatable bonds is 4. The van der Waals surface area contributed by atoms with Crippen molar-refractivity contribution in [2.45, 2.75) is 6.92 Å². The molecule has 20 heavy (non-hydrogen) atoms. The third-order valence-corrected chi connectivity index (χ3v) is 2.80. The fraction of sp³-hybridized carbons (Fsp3) is 0.154. The van der Waals surface area contributed by atoms with Crippen LogP contribution in [0.15, 0.2) is 30.3 Å². The van der Waals surface area contributed by atoms with E-state index in [9.17, 15) is 10.1 Å². The Labute approximate surface area is 120 Å². The zero-order valence-electron chi connectivity index (χ0n) is 10.9. The van der Waals surface area contributed by atoms with Crippen molar-refractivity contribution in [1.82, 2.24) is 4.98 Å². The normalized spacial score (nSPS) is 10.2. The van der Waals surface area contributed by atoms with Gasteiger partial charge in [-0.1, -0.05) is 17.7 Å². The van der Waals surface area contributed by atoms with Crippen LogP contribution < -0.4 is 10.1 Å². The first-order valence-electron chi connectivity index (χ1n) is 5.73. The topological polar surface area (TPSA) is 77.3 Å². The SMILES string of the molecule is COc1ccc(C)cc1Nc1cc([N+](=O)[O-])cc(Cl)n1. The van der Waals surface area contributed by atoms with Crippen LogP contribution in [0.2, 0.25) is 5.15 Å².